The minimum Gasteiger partial charge on any atom is -0.348 e. The molecule has 1 aliphatic carbocycles. The van der Waals surface area contributed by atoms with Gasteiger partial charge in [0.2, 0.25) is 5.91 Å². The third kappa shape index (κ3) is 4.18. The summed E-state index contributed by atoms with van der Waals surface area (Å²) in [6.07, 6.45) is 5.62. The number of hydrogen-bond donors (Lipinski definition) is 2. The molecule has 6 nitrogen and oxygen atoms in total. The highest BCUT2D eigenvalue weighted by Crippen LogP contribution is 2.36. The van der Waals surface area contributed by atoms with E-state index in [1.165, 1.54) is 0 Å². The summed E-state index contributed by atoms with van der Waals surface area (Å²) < 4.78 is 0. The minimum atomic E-state index is -0.674. The lowest BCUT2D eigenvalue weighted by Gasteiger charge is -2.30. The first-order valence-corrected chi connectivity index (χ1v) is 9.13. The van der Waals surface area contributed by atoms with Gasteiger partial charge in [-0.2, -0.15) is 0 Å². The van der Waals surface area contributed by atoms with E-state index in [4.69, 9.17) is 0 Å². The Morgan fingerprint density at radius 1 is 1.20 bits per heavy atom. The van der Waals surface area contributed by atoms with Crippen LogP contribution < -0.4 is 15.5 Å². The molecule has 2 N–H and O–H groups in total. The Morgan fingerprint density at radius 2 is 2.00 bits per heavy atom. The van der Waals surface area contributed by atoms with Gasteiger partial charge in [0.1, 0.15) is 0 Å². The number of hydrogen-bond acceptors (Lipinski definition) is 3. The van der Waals surface area contributed by atoms with Gasteiger partial charge in [0.15, 0.2) is 0 Å². The number of fused-ring (bicyclic) bond motifs is 1. The molecule has 134 valence electrons. The molecule has 0 bridgehead atoms. The first-order chi connectivity index (χ1) is 12.1. The van der Waals surface area contributed by atoms with Crippen LogP contribution >= 0.6 is 0 Å². The van der Waals surface area contributed by atoms with E-state index < -0.39 is 11.8 Å². The van der Waals surface area contributed by atoms with Crippen LogP contribution in [-0.2, 0) is 20.8 Å². The Hall–Kier alpha value is -2.37. The number of nitrogens with one attached hydrogen (secondary N) is 2. The first-order valence-electron chi connectivity index (χ1n) is 9.13. The maximum Gasteiger partial charge on any atom is 0.313 e. The Labute approximate surface area is 148 Å². The fourth-order valence-electron chi connectivity index (χ4n) is 3.08. The van der Waals surface area contributed by atoms with Crippen molar-refractivity contribution in [3.8, 4) is 0 Å². The Morgan fingerprint density at radius 3 is 2.72 bits per heavy atom. The highest BCUT2D eigenvalue weighted by atomic mass is 16.2. The smallest absolute Gasteiger partial charge is 0.313 e. The van der Waals surface area contributed by atoms with Crippen LogP contribution in [0.5, 0.6) is 0 Å². The summed E-state index contributed by atoms with van der Waals surface area (Å²) in [6.45, 7) is 3.24. The number of carbonyl (C=O) groups is 3. The highest BCUT2D eigenvalue weighted by molar-refractivity contribution is 6.39. The predicted molar refractivity (Wildman–Crippen MR) is 96.4 cm³/mol. The molecule has 6 heteroatoms. The maximum absolute atomic E-state index is 12.5. The summed E-state index contributed by atoms with van der Waals surface area (Å²) >= 11 is 0. The van der Waals surface area contributed by atoms with Crippen LogP contribution in [-0.4, -0.2) is 30.8 Å². The van der Waals surface area contributed by atoms with Crippen molar-refractivity contribution in [3.05, 3.63) is 23.8 Å². The van der Waals surface area contributed by atoms with Gasteiger partial charge >= 0.3 is 11.8 Å². The molecular weight excluding hydrogens is 318 g/mol. The Kier molecular flexibility index (Phi) is 5.36. The summed E-state index contributed by atoms with van der Waals surface area (Å²) in [4.78, 5) is 38.1. The van der Waals surface area contributed by atoms with Gasteiger partial charge in [-0.25, -0.2) is 0 Å². The number of rotatable bonds is 5. The first kappa shape index (κ1) is 17.5. The molecule has 0 aromatic heterocycles. The molecule has 2 aliphatic rings. The second-order valence-electron chi connectivity index (χ2n) is 6.77. The van der Waals surface area contributed by atoms with E-state index in [9.17, 15) is 14.4 Å². The molecule has 25 heavy (non-hydrogen) atoms. The monoisotopic (exact) mass is 343 g/mol. The summed E-state index contributed by atoms with van der Waals surface area (Å²) in [5.41, 5.74) is 2.53. The van der Waals surface area contributed by atoms with Crippen molar-refractivity contribution < 1.29 is 14.4 Å². The largest absolute Gasteiger partial charge is 0.348 e. The van der Waals surface area contributed by atoms with E-state index in [1.807, 2.05) is 24.0 Å². The van der Waals surface area contributed by atoms with E-state index in [0.717, 1.165) is 56.3 Å². The van der Waals surface area contributed by atoms with Crippen LogP contribution in [0.4, 0.5) is 11.4 Å². The zero-order chi connectivity index (χ0) is 17.8. The third-order valence-electron chi connectivity index (χ3n) is 4.68. The summed E-state index contributed by atoms with van der Waals surface area (Å²) in [6, 6.07) is 5.54. The number of carbonyl (C=O) groups excluding carboxylic acids is 3. The van der Waals surface area contributed by atoms with Crippen LogP contribution in [0.2, 0.25) is 0 Å². The quantitative estimate of drug-likeness (QED) is 0.636. The third-order valence-corrected chi connectivity index (χ3v) is 4.68. The molecule has 1 aliphatic heterocycles. The van der Waals surface area contributed by atoms with Gasteiger partial charge in [-0.1, -0.05) is 19.4 Å². The normalized spacial score (nSPS) is 16.1. The zero-order valence-corrected chi connectivity index (χ0v) is 14.6. The molecule has 1 aromatic rings. The number of benzene rings is 1. The van der Waals surface area contributed by atoms with E-state index in [-0.39, 0.29) is 11.8 Å². The molecule has 0 atom stereocenters. The van der Waals surface area contributed by atoms with Crippen LogP contribution in [0.15, 0.2) is 18.2 Å². The van der Waals surface area contributed by atoms with Crippen LogP contribution in [0.3, 0.4) is 0 Å². The van der Waals surface area contributed by atoms with Gasteiger partial charge in [0.05, 0.1) is 0 Å². The molecule has 1 heterocycles. The summed E-state index contributed by atoms with van der Waals surface area (Å²) in [5, 5.41) is 5.23. The fraction of sp³-hybridized carbons (Fsp3) is 0.526. The van der Waals surface area contributed by atoms with E-state index in [0.29, 0.717) is 12.2 Å². The van der Waals surface area contributed by atoms with E-state index >= 15 is 0 Å². The van der Waals surface area contributed by atoms with Crippen LogP contribution in [0, 0.1) is 5.92 Å². The lowest BCUT2D eigenvalue weighted by atomic mass is 10.0. The summed E-state index contributed by atoms with van der Waals surface area (Å²) in [5.74, 6) is -0.959. The number of unbranched alkanes of at least 4 members (excludes halogenated alkanes) is 1. The molecule has 0 spiro atoms. The topological polar surface area (TPSA) is 78.5 Å². The van der Waals surface area contributed by atoms with Gasteiger partial charge in [-0.05, 0) is 49.8 Å². The van der Waals surface area contributed by atoms with Gasteiger partial charge in [-0.15, -0.1) is 0 Å². The summed E-state index contributed by atoms with van der Waals surface area (Å²) in [7, 11) is 0. The van der Waals surface area contributed by atoms with Gasteiger partial charge in [0.25, 0.3) is 0 Å². The van der Waals surface area contributed by atoms with Gasteiger partial charge in [0, 0.05) is 30.4 Å². The Bertz CT molecular complexity index is 682. The average molecular weight is 343 g/mol. The lowest BCUT2D eigenvalue weighted by Crippen LogP contribution is -2.37. The molecule has 1 fully saturated rings. The van der Waals surface area contributed by atoms with Crippen LogP contribution in [0.1, 0.15) is 44.6 Å². The number of amides is 3. The van der Waals surface area contributed by atoms with Crippen molar-refractivity contribution in [2.75, 3.05) is 23.3 Å². The maximum atomic E-state index is 12.5. The average Bonchev–Trinajstić information content (AvgIpc) is 3.45. The van der Waals surface area contributed by atoms with E-state index in [2.05, 4.69) is 10.6 Å². The van der Waals surface area contributed by atoms with Crippen molar-refractivity contribution in [3.63, 3.8) is 0 Å². The molecule has 0 radical (unpaired) electrons. The SMILES string of the molecule is CCCCNC(=O)C(=O)Nc1ccc2c(c1)N(C(=O)C1CC1)CCC2. The van der Waals surface area contributed by atoms with Crippen molar-refractivity contribution in [2.24, 2.45) is 5.92 Å². The standard InChI is InChI=1S/C19H25N3O3/c1-2-3-10-20-17(23)18(24)21-15-9-8-13-5-4-11-22(16(13)12-15)19(25)14-6-7-14/h8-9,12,14H,2-7,10-11H2,1H3,(H,20,23)(H,21,24). The molecule has 0 saturated heterocycles. The second-order valence-corrected chi connectivity index (χ2v) is 6.77. The molecular formula is C19H25N3O3. The molecule has 3 rings (SSSR count). The second kappa shape index (κ2) is 7.68. The Balaban J connectivity index is 1.69. The zero-order valence-electron chi connectivity index (χ0n) is 14.6. The minimum absolute atomic E-state index is 0.161. The molecule has 3 amide bonds. The highest BCUT2D eigenvalue weighted by Gasteiger charge is 2.35. The molecule has 1 aromatic carbocycles. The van der Waals surface area contributed by atoms with Gasteiger partial charge in [-0.3, -0.25) is 14.4 Å². The van der Waals surface area contributed by atoms with Crippen molar-refractivity contribution in [2.45, 2.75) is 45.4 Å². The lowest BCUT2D eigenvalue weighted by molar-refractivity contribution is -0.136. The molecule has 0 unspecified atom stereocenters. The fourth-order valence-corrected chi connectivity index (χ4v) is 3.08. The van der Waals surface area contributed by atoms with Crippen molar-refractivity contribution in [1.82, 2.24) is 5.32 Å². The number of anilines is 2. The van der Waals surface area contributed by atoms with E-state index in [1.54, 1.807) is 6.07 Å². The van der Waals surface area contributed by atoms with Crippen molar-refractivity contribution >= 4 is 29.1 Å². The van der Waals surface area contributed by atoms with Crippen LogP contribution in [0.25, 0.3) is 0 Å². The number of nitrogens with zero attached hydrogens (tertiary/aromatic N) is 1. The predicted octanol–water partition coefficient (Wildman–Crippen LogP) is 2.23. The number of aryl methyl sites for hydroxylation is 1. The van der Waals surface area contributed by atoms with Gasteiger partial charge < -0.3 is 15.5 Å². The molecule has 1 saturated carbocycles. The van der Waals surface area contributed by atoms with Crippen molar-refractivity contribution in [1.29, 1.82) is 0 Å².